The third kappa shape index (κ3) is 2.86. The number of carbonyl (C=O) groups excluding carboxylic acids is 1. The van der Waals surface area contributed by atoms with Crippen LogP contribution < -0.4 is 5.32 Å². The van der Waals surface area contributed by atoms with E-state index < -0.39 is 5.41 Å². The van der Waals surface area contributed by atoms with Crippen LogP contribution >= 0.6 is 0 Å². The van der Waals surface area contributed by atoms with Crippen molar-refractivity contribution in [3.05, 3.63) is 65.7 Å². The van der Waals surface area contributed by atoms with Gasteiger partial charge in [-0.25, -0.2) is 4.39 Å². The van der Waals surface area contributed by atoms with Gasteiger partial charge >= 0.3 is 0 Å². The molecule has 1 saturated carbocycles. The van der Waals surface area contributed by atoms with Crippen molar-refractivity contribution in [2.24, 2.45) is 0 Å². The van der Waals surface area contributed by atoms with Crippen molar-refractivity contribution in [1.82, 2.24) is 10.3 Å². The van der Waals surface area contributed by atoms with E-state index in [1.165, 1.54) is 12.1 Å². The summed E-state index contributed by atoms with van der Waals surface area (Å²) in [5.74, 6) is -0.242. The van der Waals surface area contributed by atoms with Crippen LogP contribution in [0.25, 0.3) is 0 Å². The molecule has 1 aromatic heterocycles. The molecule has 1 aliphatic carbocycles. The Kier molecular flexibility index (Phi) is 4.18. The van der Waals surface area contributed by atoms with Gasteiger partial charge in [0.25, 0.3) is 0 Å². The van der Waals surface area contributed by atoms with Gasteiger partial charge in [0.05, 0.1) is 5.41 Å². The van der Waals surface area contributed by atoms with Crippen molar-refractivity contribution in [2.75, 3.05) is 0 Å². The standard InChI is InChI=1S/C18H19FN2O/c19-16-7-5-15(6-8-16)18(9-1-2-10-18)17(22)21-13-14-4-3-11-20-12-14/h3-8,11-12H,1-2,9-10,13H2,(H,21,22). The van der Waals surface area contributed by atoms with Crippen LogP contribution in [0.1, 0.15) is 36.8 Å². The number of nitrogens with zero attached hydrogens (tertiary/aromatic N) is 1. The topological polar surface area (TPSA) is 42.0 Å². The zero-order chi connectivity index (χ0) is 15.4. The molecule has 2 aromatic rings. The average molecular weight is 298 g/mol. The number of pyridine rings is 1. The fraction of sp³-hybridized carbons (Fsp3) is 0.333. The minimum absolute atomic E-state index is 0.0282. The maximum atomic E-state index is 13.2. The van der Waals surface area contributed by atoms with Crippen LogP contribution in [0.2, 0.25) is 0 Å². The van der Waals surface area contributed by atoms with Crippen molar-refractivity contribution < 1.29 is 9.18 Å². The van der Waals surface area contributed by atoms with Crippen molar-refractivity contribution >= 4 is 5.91 Å². The highest BCUT2D eigenvalue weighted by Crippen LogP contribution is 2.41. The zero-order valence-corrected chi connectivity index (χ0v) is 12.4. The first-order valence-electron chi connectivity index (χ1n) is 7.64. The summed E-state index contributed by atoms with van der Waals surface area (Å²) in [4.78, 5) is 16.9. The first kappa shape index (κ1) is 14.7. The second-order valence-electron chi connectivity index (χ2n) is 5.84. The third-order valence-electron chi connectivity index (χ3n) is 4.46. The Hall–Kier alpha value is -2.23. The van der Waals surface area contributed by atoms with E-state index in [1.54, 1.807) is 24.5 Å². The molecule has 0 bridgehead atoms. The fourth-order valence-electron chi connectivity index (χ4n) is 3.25. The van der Waals surface area contributed by atoms with E-state index in [9.17, 15) is 9.18 Å². The molecule has 0 spiro atoms. The number of benzene rings is 1. The Bertz CT molecular complexity index is 634. The van der Waals surface area contributed by atoms with Gasteiger partial charge in [0, 0.05) is 18.9 Å². The number of hydrogen-bond acceptors (Lipinski definition) is 2. The number of aromatic nitrogens is 1. The number of halogens is 1. The zero-order valence-electron chi connectivity index (χ0n) is 12.4. The minimum Gasteiger partial charge on any atom is -0.351 e. The lowest BCUT2D eigenvalue weighted by atomic mass is 9.78. The molecule has 22 heavy (non-hydrogen) atoms. The quantitative estimate of drug-likeness (QED) is 0.940. The Morgan fingerprint density at radius 2 is 1.91 bits per heavy atom. The lowest BCUT2D eigenvalue weighted by molar-refractivity contribution is -0.126. The average Bonchev–Trinajstić information content (AvgIpc) is 3.05. The SMILES string of the molecule is O=C(NCc1cccnc1)C1(c2ccc(F)cc2)CCCC1. The summed E-state index contributed by atoms with van der Waals surface area (Å²) in [6, 6.07) is 10.1. The molecule has 1 amide bonds. The normalized spacial score (nSPS) is 16.4. The van der Waals surface area contributed by atoms with Gasteiger partial charge in [-0.2, -0.15) is 0 Å². The van der Waals surface area contributed by atoms with Crippen LogP contribution in [0.3, 0.4) is 0 Å². The number of carbonyl (C=O) groups is 1. The second-order valence-corrected chi connectivity index (χ2v) is 5.84. The molecular formula is C18H19FN2O. The largest absolute Gasteiger partial charge is 0.351 e. The summed E-state index contributed by atoms with van der Waals surface area (Å²) in [5.41, 5.74) is 1.37. The van der Waals surface area contributed by atoms with Crippen molar-refractivity contribution in [3.63, 3.8) is 0 Å². The molecule has 1 aromatic carbocycles. The molecule has 0 atom stereocenters. The van der Waals surface area contributed by atoms with E-state index in [2.05, 4.69) is 10.3 Å². The monoisotopic (exact) mass is 298 g/mol. The van der Waals surface area contributed by atoms with Crippen LogP contribution in [0.4, 0.5) is 4.39 Å². The molecule has 3 nitrogen and oxygen atoms in total. The first-order valence-corrected chi connectivity index (χ1v) is 7.64. The Labute approximate surface area is 129 Å². The molecule has 114 valence electrons. The van der Waals surface area contributed by atoms with Gasteiger partial charge in [0.15, 0.2) is 0 Å². The molecule has 3 rings (SSSR count). The summed E-state index contributed by atoms with van der Waals surface area (Å²) < 4.78 is 13.2. The van der Waals surface area contributed by atoms with Crippen LogP contribution in [-0.2, 0) is 16.8 Å². The summed E-state index contributed by atoms with van der Waals surface area (Å²) in [6.45, 7) is 0.468. The summed E-state index contributed by atoms with van der Waals surface area (Å²) >= 11 is 0. The second kappa shape index (κ2) is 6.26. The third-order valence-corrected chi connectivity index (χ3v) is 4.46. The predicted molar refractivity (Wildman–Crippen MR) is 82.6 cm³/mol. The number of amides is 1. The summed E-state index contributed by atoms with van der Waals surface area (Å²) in [7, 11) is 0. The highest BCUT2D eigenvalue weighted by molar-refractivity contribution is 5.88. The Balaban J connectivity index is 1.78. The van der Waals surface area contributed by atoms with E-state index in [4.69, 9.17) is 0 Å². The van der Waals surface area contributed by atoms with Gasteiger partial charge in [-0.1, -0.05) is 31.0 Å². The van der Waals surface area contributed by atoms with E-state index in [1.807, 2.05) is 12.1 Å². The van der Waals surface area contributed by atoms with Gasteiger partial charge in [0.1, 0.15) is 5.82 Å². The summed E-state index contributed by atoms with van der Waals surface area (Å²) in [6.07, 6.45) is 7.15. The van der Waals surface area contributed by atoms with Gasteiger partial charge in [-0.05, 0) is 42.2 Å². The molecule has 4 heteroatoms. The minimum atomic E-state index is -0.518. The molecule has 0 unspecified atom stereocenters. The van der Waals surface area contributed by atoms with Gasteiger partial charge in [-0.3, -0.25) is 9.78 Å². The molecule has 0 radical (unpaired) electrons. The predicted octanol–water partition coefficient (Wildman–Crippen LogP) is 3.35. The Morgan fingerprint density at radius 3 is 2.55 bits per heavy atom. The van der Waals surface area contributed by atoms with Crippen LogP contribution in [0.15, 0.2) is 48.8 Å². The fourth-order valence-corrected chi connectivity index (χ4v) is 3.25. The van der Waals surface area contributed by atoms with Gasteiger partial charge in [-0.15, -0.1) is 0 Å². The van der Waals surface area contributed by atoms with Crippen LogP contribution in [0.5, 0.6) is 0 Å². The lowest BCUT2D eigenvalue weighted by Crippen LogP contribution is -2.42. The smallest absolute Gasteiger partial charge is 0.230 e. The van der Waals surface area contributed by atoms with E-state index >= 15 is 0 Å². The molecule has 1 aliphatic rings. The van der Waals surface area contributed by atoms with Crippen molar-refractivity contribution in [1.29, 1.82) is 0 Å². The number of nitrogens with one attached hydrogen (secondary N) is 1. The highest BCUT2D eigenvalue weighted by Gasteiger charge is 2.42. The lowest BCUT2D eigenvalue weighted by Gasteiger charge is -2.28. The Morgan fingerprint density at radius 1 is 1.18 bits per heavy atom. The van der Waals surface area contributed by atoms with Crippen LogP contribution in [-0.4, -0.2) is 10.9 Å². The van der Waals surface area contributed by atoms with Gasteiger partial charge < -0.3 is 5.32 Å². The molecule has 0 aliphatic heterocycles. The number of hydrogen-bond donors (Lipinski definition) is 1. The maximum absolute atomic E-state index is 13.2. The number of rotatable bonds is 4. The molecule has 0 saturated heterocycles. The van der Waals surface area contributed by atoms with Crippen molar-refractivity contribution in [3.8, 4) is 0 Å². The van der Waals surface area contributed by atoms with Crippen LogP contribution in [0, 0.1) is 5.82 Å². The van der Waals surface area contributed by atoms with E-state index in [0.29, 0.717) is 6.54 Å². The maximum Gasteiger partial charge on any atom is 0.230 e. The van der Waals surface area contributed by atoms with Gasteiger partial charge in [0.2, 0.25) is 5.91 Å². The van der Waals surface area contributed by atoms with E-state index in [-0.39, 0.29) is 11.7 Å². The first-order chi connectivity index (χ1) is 10.7. The highest BCUT2D eigenvalue weighted by atomic mass is 19.1. The molecular weight excluding hydrogens is 279 g/mol. The van der Waals surface area contributed by atoms with E-state index in [0.717, 1.165) is 36.8 Å². The molecule has 1 fully saturated rings. The molecule has 1 heterocycles. The molecule has 1 N–H and O–H groups in total. The van der Waals surface area contributed by atoms with Crippen molar-refractivity contribution in [2.45, 2.75) is 37.6 Å². The summed E-state index contributed by atoms with van der Waals surface area (Å²) in [5, 5.41) is 3.02.